The first-order valence-corrected chi connectivity index (χ1v) is 5.61. The Morgan fingerprint density at radius 3 is 2.71 bits per heavy atom. The van der Waals surface area contributed by atoms with Gasteiger partial charge in [-0.3, -0.25) is 4.68 Å². The number of nitrogens with two attached hydrogens (primary N) is 1. The Bertz CT molecular complexity index is 517. The van der Waals surface area contributed by atoms with Crippen LogP contribution in [0.1, 0.15) is 13.8 Å². The zero-order chi connectivity index (χ0) is 12.4. The van der Waals surface area contributed by atoms with E-state index in [0.29, 0.717) is 5.69 Å². The molecule has 0 saturated carbocycles. The van der Waals surface area contributed by atoms with Crippen molar-refractivity contribution in [3.8, 4) is 16.9 Å². The minimum atomic E-state index is 0.118. The molecule has 1 aromatic heterocycles. The van der Waals surface area contributed by atoms with E-state index < -0.39 is 0 Å². The predicted octanol–water partition coefficient (Wildman–Crippen LogP) is 2.46. The summed E-state index contributed by atoms with van der Waals surface area (Å²) >= 11 is 0. The van der Waals surface area contributed by atoms with Crippen LogP contribution in [-0.4, -0.2) is 15.9 Å². The number of anilines is 1. The molecule has 4 nitrogen and oxygen atoms in total. The molecule has 17 heavy (non-hydrogen) atoms. The van der Waals surface area contributed by atoms with Crippen LogP contribution in [0.4, 0.5) is 5.69 Å². The topological polar surface area (TPSA) is 53.1 Å². The lowest BCUT2D eigenvalue weighted by Gasteiger charge is -2.14. The minimum Gasteiger partial charge on any atom is -0.490 e. The SMILES string of the molecule is CC(C)Oc1cc(N)ccc1-c1cnn(C)c1. The molecule has 0 aliphatic carbocycles. The molecule has 4 heteroatoms. The van der Waals surface area contributed by atoms with Crippen LogP contribution in [-0.2, 0) is 7.05 Å². The van der Waals surface area contributed by atoms with Crippen molar-refractivity contribution in [1.82, 2.24) is 9.78 Å². The molecule has 2 N–H and O–H groups in total. The maximum Gasteiger partial charge on any atom is 0.129 e. The Balaban J connectivity index is 2.45. The monoisotopic (exact) mass is 231 g/mol. The first-order valence-electron chi connectivity index (χ1n) is 5.61. The molecule has 0 aliphatic rings. The van der Waals surface area contributed by atoms with Crippen LogP contribution < -0.4 is 10.5 Å². The van der Waals surface area contributed by atoms with Crippen LogP contribution >= 0.6 is 0 Å². The number of ether oxygens (including phenoxy) is 1. The lowest BCUT2D eigenvalue weighted by molar-refractivity contribution is 0.243. The van der Waals surface area contributed by atoms with Crippen LogP contribution in [0.15, 0.2) is 30.6 Å². The van der Waals surface area contributed by atoms with Crippen LogP contribution in [0, 0.1) is 0 Å². The second-order valence-electron chi connectivity index (χ2n) is 4.32. The maximum absolute atomic E-state index is 5.79. The van der Waals surface area contributed by atoms with Crippen LogP contribution in [0.25, 0.3) is 11.1 Å². The molecule has 0 aliphatic heterocycles. The first kappa shape index (κ1) is 11.5. The summed E-state index contributed by atoms with van der Waals surface area (Å²) in [5, 5.41) is 4.17. The fourth-order valence-corrected chi connectivity index (χ4v) is 1.69. The Morgan fingerprint density at radius 1 is 1.35 bits per heavy atom. The molecule has 1 heterocycles. The molecule has 2 aromatic rings. The van der Waals surface area contributed by atoms with Gasteiger partial charge in [-0.2, -0.15) is 5.10 Å². The highest BCUT2D eigenvalue weighted by atomic mass is 16.5. The maximum atomic E-state index is 5.79. The molecule has 2 rings (SSSR count). The summed E-state index contributed by atoms with van der Waals surface area (Å²) in [5.41, 5.74) is 8.53. The van der Waals surface area contributed by atoms with Gasteiger partial charge in [-0.15, -0.1) is 0 Å². The summed E-state index contributed by atoms with van der Waals surface area (Å²) in [6.45, 7) is 3.99. The number of nitrogens with zero attached hydrogens (tertiary/aromatic N) is 2. The number of rotatable bonds is 3. The van der Waals surface area contributed by atoms with E-state index in [9.17, 15) is 0 Å². The van der Waals surface area contributed by atoms with Crippen molar-refractivity contribution < 1.29 is 4.74 Å². The summed E-state index contributed by atoms with van der Waals surface area (Å²) in [6.07, 6.45) is 3.89. The molecule has 0 atom stereocenters. The van der Waals surface area contributed by atoms with Gasteiger partial charge in [-0.05, 0) is 26.0 Å². The van der Waals surface area contributed by atoms with Crippen molar-refractivity contribution in [2.75, 3.05) is 5.73 Å². The molecule has 0 fully saturated rings. The fraction of sp³-hybridized carbons (Fsp3) is 0.308. The zero-order valence-electron chi connectivity index (χ0n) is 10.3. The zero-order valence-corrected chi connectivity index (χ0v) is 10.3. The third kappa shape index (κ3) is 2.58. The van der Waals surface area contributed by atoms with Crippen molar-refractivity contribution in [3.63, 3.8) is 0 Å². The van der Waals surface area contributed by atoms with E-state index in [2.05, 4.69) is 5.10 Å². The van der Waals surface area contributed by atoms with Crippen molar-refractivity contribution in [1.29, 1.82) is 0 Å². The van der Waals surface area contributed by atoms with E-state index in [1.807, 2.05) is 51.5 Å². The van der Waals surface area contributed by atoms with Gasteiger partial charge in [0.25, 0.3) is 0 Å². The third-order valence-corrected chi connectivity index (χ3v) is 2.38. The molecular formula is C13H17N3O. The fourth-order valence-electron chi connectivity index (χ4n) is 1.69. The van der Waals surface area contributed by atoms with Crippen LogP contribution in [0.2, 0.25) is 0 Å². The molecular weight excluding hydrogens is 214 g/mol. The summed E-state index contributed by atoms with van der Waals surface area (Å²) in [7, 11) is 1.89. The molecule has 0 radical (unpaired) electrons. The van der Waals surface area contributed by atoms with E-state index in [4.69, 9.17) is 10.5 Å². The van der Waals surface area contributed by atoms with Gasteiger partial charge in [0.05, 0.1) is 12.3 Å². The average Bonchev–Trinajstić information content (AvgIpc) is 2.64. The second kappa shape index (κ2) is 4.49. The quantitative estimate of drug-likeness (QED) is 0.825. The standard InChI is InChI=1S/C13H17N3O/c1-9(2)17-13-6-11(14)4-5-12(13)10-7-15-16(3)8-10/h4-9H,14H2,1-3H3. The predicted molar refractivity (Wildman–Crippen MR) is 68.8 cm³/mol. The highest BCUT2D eigenvalue weighted by molar-refractivity contribution is 5.72. The highest BCUT2D eigenvalue weighted by Crippen LogP contribution is 2.32. The normalized spacial score (nSPS) is 10.8. The largest absolute Gasteiger partial charge is 0.490 e. The Hall–Kier alpha value is -1.97. The van der Waals surface area contributed by atoms with Gasteiger partial charge in [0, 0.05) is 36.1 Å². The van der Waals surface area contributed by atoms with Gasteiger partial charge in [0.1, 0.15) is 5.75 Å². The van der Waals surface area contributed by atoms with Crippen molar-refractivity contribution in [3.05, 3.63) is 30.6 Å². The average molecular weight is 231 g/mol. The highest BCUT2D eigenvalue weighted by Gasteiger charge is 2.10. The first-order chi connectivity index (χ1) is 8.06. The van der Waals surface area contributed by atoms with Crippen molar-refractivity contribution in [2.45, 2.75) is 20.0 Å². The second-order valence-corrected chi connectivity index (χ2v) is 4.32. The lowest BCUT2D eigenvalue weighted by Crippen LogP contribution is -2.06. The Kier molecular flexibility index (Phi) is 3.04. The molecule has 0 spiro atoms. The molecule has 0 saturated heterocycles. The van der Waals surface area contributed by atoms with E-state index in [-0.39, 0.29) is 6.10 Å². The van der Waals surface area contributed by atoms with E-state index >= 15 is 0 Å². The third-order valence-electron chi connectivity index (χ3n) is 2.38. The number of aromatic nitrogens is 2. The molecule has 0 unspecified atom stereocenters. The van der Waals surface area contributed by atoms with Crippen molar-refractivity contribution >= 4 is 5.69 Å². The van der Waals surface area contributed by atoms with Gasteiger partial charge in [-0.25, -0.2) is 0 Å². The van der Waals surface area contributed by atoms with E-state index in [1.54, 1.807) is 4.68 Å². The summed E-state index contributed by atoms with van der Waals surface area (Å²) in [6, 6.07) is 5.68. The molecule has 0 bridgehead atoms. The van der Waals surface area contributed by atoms with Gasteiger partial charge in [0.2, 0.25) is 0 Å². The van der Waals surface area contributed by atoms with Crippen LogP contribution in [0.3, 0.4) is 0 Å². The Morgan fingerprint density at radius 2 is 2.12 bits per heavy atom. The minimum absolute atomic E-state index is 0.118. The van der Waals surface area contributed by atoms with Crippen LogP contribution in [0.5, 0.6) is 5.75 Å². The van der Waals surface area contributed by atoms with Gasteiger partial charge < -0.3 is 10.5 Å². The van der Waals surface area contributed by atoms with Gasteiger partial charge >= 0.3 is 0 Å². The smallest absolute Gasteiger partial charge is 0.129 e. The van der Waals surface area contributed by atoms with E-state index in [1.165, 1.54) is 0 Å². The van der Waals surface area contributed by atoms with Gasteiger partial charge in [-0.1, -0.05) is 0 Å². The Labute approximate surface area is 101 Å². The summed E-state index contributed by atoms with van der Waals surface area (Å²) < 4.78 is 7.54. The molecule has 90 valence electrons. The number of hydrogen-bond donors (Lipinski definition) is 1. The number of nitrogen functional groups attached to an aromatic ring is 1. The molecule has 0 amide bonds. The van der Waals surface area contributed by atoms with Gasteiger partial charge in [0.15, 0.2) is 0 Å². The van der Waals surface area contributed by atoms with E-state index in [0.717, 1.165) is 16.9 Å². The number of aryl methyl sites for hydroxylation is 1. The summed E-state index contributed by atoms with van der Waals surface area (Å²) in [5.74, 6) is 0.799. The number of hydrogen-bond acceptors (Lipinski definition) is 3. The summed E-state index contributed by atoms with van der Waals surface area (Å²) in [4.78, 5) is 0. The molecule has 1 aromatic carbocycles. The van der Waals surface area contributed by atoms with Crippen molar-refractivity contribution in [2.24, 2.45) is 7.05 Å². The lowest BCUT2D eigenvalue weighted by atomic mass is 10.1. The number of benzene rings is 1.